The fraction of sp³-hybridized carbons (Fsp3) is 0.478. The van der Waals surface area contributed by atoms with Crippen LogP contribution in [0.2, 0.25) is 0 Å². The van der Waals surface area contributed by atoms with E-state index in [1.54, 1.807) is 7.05 Å². The molecule has 0 aromatic heterocycles. The number of carbonyl (C=O) groups excluding carboxylic acids is 4. The number of primary amides is 1. The SMILES string of the molecule is CN[C@@H](Cc1ccccc1)C(=O)NC(C)C(=O)N[C@@H](CCC(N)=O)C(=O)NC(CCC(=O)O)C(=O)O. The van der Waals surface area contributed by atoms with Crippen molar-refractivity contribution < 1.29 is 39.0 Å². The fourth-order valence-corrected chi connectivity index (χ4v) is 3.20. The molecule has 4 atom stereocenters. The van der Waals surface area contributed by atoms with Crippen LogP contribution in [0, 0.1) is 0 Å². The maximum Gasteiger partial charge on any atom is 0.326 e. The summed E-state index contributed by atoms with van der Waals surface area (Å²) < 4.78 is 0. The zero-order valence-electron chi connectivity index (χ0n) is 20.2. The number of hydrogen-bond acceptors (Lipinski definition) is 7. The average Bonchev–Trinajstić information content (AvgIpc) is 2.82. The van der Waals surface area contributed by atoms with Crippen molar-refractivity contribution in [1.82, 2.24) is 21.3 Å². The first-order valence-electron chi connectivity index (χ1n) is 11.3. The third kappa shape index (κ3) is 11.0. The zero-order valence-corrected chi connectivity index (χ0v) is 20.2. The van der Waals surface area contributed by atoms with Crippen molar-refractivity contribution in [3.63, 3.8) is 0 Å². The van der Waals surface area contributed by atoms with Crippen LogP contribution >= 0.6 is 0 Å². The molecule has 0 heterocycles. The van der Waals surface area contributed by atoms with Gasteiger partial charge in [0.1, 0.15) is 18.1 Å². The third-order valence-electron chi connectivity index (χ3n) is 5.27. The fourth-order valence-electron chi connectivity index (χ4n) is 3.20. The minimum absolute atomic E-state index is 0.230. The number of amides is 4. The molecule has 13 heteroatoms. The minimum Gasteiger partial charge on any atom is -0.481 e. The molecule has 0 spiro atoms. The molecule has 0 radical (unpaired) electrons. The van der Waals surface area contributed by atoms with Crippen LogP contribution in [0.4, 0.5) is 0 Å². The zero-order chi connectivity index (χ0) is 27.3. The van der Waals surface area contributed by atoms with E-state index in [0.717, 1.165) is 5.56 Å². The van der Waals surface area contributed by atoms with Crippen LogP contribution in [-0.2, 0) is 35.2 Å². The van der Waals surface area contributed by atoms with E-state index < -0.39 is 66.2 Å². The standard InChI is InChI=1S/C23H33N5O8/c1-13(26-22(34)17(25-2)12-14-6-4-3-5-7-14)20(32)27-15(8-10-18(24)29)21(33)28-16(23(35)36)9-11-19(30)31/h3-7,13,15-17,25H,8-12H2,1-2H3,(H2,24,29)(H,26,34)(H,27,32)(H,28,33)(H,30,31)(H,35,36)/t13?,15-,16?,17-/m0/s1. The van der Waals surface area contributed by atoms with Gasteiger partial charge in [-0.2, -0.15) is 0 Å². The Morgan fingerprint density at radius 3 is 1.89 bits per heavy atom. The van der Waals surface area contributed by atoms with Crippen molar-refractivity contribution >= 4 is 35.6 Å². The van der Waals surface area contributed by atoms with Crippen LogP contribution in [0.3, 0.4) is 0 Å². The minimum atomic E-state index is -1.52. The number of nitrogens with two attached hydrogens (primary N) is 1. The molecule has 13 nitrogen and oxygen atoms in total. The van der Waals surface area contributed by atoms with Crippen LogP contribution in [0.15, 0.2) is 30.3 Å². The number of nitrogens with one attached hydrogen (secondary N) is 4. The number of hydrogen-bond donors (Lipinski definition) is 7. The van der Waals surface area contributed by atoms with E-state index in [2.05, 4.69) is 21.3 Å². The van der Waals surface area contributed by atoms with Crippen LogP contribution < -0.4 is 27.0 Å². The molecule has 0 aliphatic carbocycles. The number of likely N-dealkylation sites (N-methyl/N-ethyl adjacent to an activating group) is 1. The largest absolute Gasteiger partial charge is 0.481 e. The Morgan fingerprint density at radius 2 is 1.36 bits per heavy atom. The summed E-state index contributed by atoms with van der Waals surface area (Å²) in [6.45, 7) is 1.40. The molecule has 1 aromatic rings. The number of benzene rings is 1. The van der Waals surface area contributed by atoms with Crippen LogP contribution in [-0.4, -0.2) is 77.0 Å². The first-order valence-corrected chi connectivity index (χ1v) is 11.3. The maximum absolute atomic E-state index is 12.7. The Balaban J connectivity index is 2.83. The van der Waals surface area contributed by atoms with E-state index in [9.17, 15) is 33.9 Å². The van der Waals surface area contributed by atoms with Gasteiger partial charge in [0.25, 0.3) is 0 Å². The van der Waals surface area contributed by atoms with Gasteiger partial charge in [-0.3, -0.25) is 24.0 Å². The highest BCUT2D eigenvalue weighted by Crippen LogP contribution is 2.05. The second-order valence-electron chi connectivity index (χ2n) is 8.16. The van der Waals surface area contributed by atoms with E-state index in [-0.39, 0.29) is 19.3 Å². The lowest BCUT2D eigenvalue weighted by Gasteiger charge is -2.24. The van der Waals surface area contributed by atoms with Gasteiger partial charge >= 0.3 is 11.9 Å². The van der Waals surface area contributed by atoms with Crippen molar-refractivity contribution in [1.29, 1.82) is 0 Å². The van der Waals surface area contributed by atoms with Gasteiger partial charge < -0.3 is 37.2 Å². The van der Waals surface area contributed by atoms with Gasteiger partial charge in [-0.15, -0.1) is 0 Å². The van der Waals surface area contributed by atoms with Gasteiger partial charge in [-0.1, -0.05) is 30.3 Å². The number of rotatable bonds is 16. The van der Waals surface area contributed by atoms with E-state index >= 15 is 0 Å². The molecule has 36 heavy (non-hydrogen) atoms. The Kier molecular flexibility index (Phi) is 12.6. The molecule has 0 aliphatic heterocycles. The molecule has 1 rings (SSSR count). The molecule has 2 unspecified atom stereocenters. The second kappa shape index (κ2) is 15.1. The second-order valence-corrected chi connectivity index (χ2v) is 8.16. The first-order chi connectivity index (χ1) is 16.9. The van der Waals surface area contributed by atoms with E-state index in [4.69, 9.17) is 10.8 Å². The van der Waals surface area contributed by atoms with E-state index in [1.165, 1.54) is 6.92 Å². The molecule has 1 aromatic carbocycles. The number of carboxylic acid groups (broad SMARTS) is 2. The summed E-state index contributed by atoms with van der Waals surface area (Å²) in [6.07, 6.45) is -1.04. The summed E-state index contributed by atoms with van der Waals surface area (Å²) in [6, 6.07) is 4.66. The summed E-state index contributed by atoms with van der Waals surface area (Å²) >= 11 is 0. The highest BCUT2D eigenvalue weighted by molar-refractivity contribution is 5.94. The van der Waals surface area contributed by atoms with Gasteiger partial charge in [0, 0.05) is 12.8 Å². The summed E-state index contributed by atoms with van der Waals surface area (Å²) in [4.78, 5) is 71.4. The molecule has 198 valence electrons. The summed E-state index contributed by atoms with van der Waals surface area (Å²) in [5, 5.41) is 28.0. The third-order valence-corrected chi connectivity index (χ3v) is 5.27. The molecule has 0 bridgehead atoms. The molecule has 4 amide bonds. The quantitative estimate of drug-likeness (QED) is 0.138. The lowest BCUT2D eigenvalue weighted by Crippen LogP contribution is -2.56. The number of aliphatic carboxylic acids is 2. The summed E-state index contributed by atoms with van der Waals surface area (Å²) in [5.41, 5.74) is 6.04. The highest BCUT2D eigenvalue weighted by atomic mass is 16.4. The molecule has 0 fully saturated rings. The number of carbonyl (C=O) groups is 6. The lowest BCUT2D eigenvalue weighted by molar-refractivity contribution is -0.143. The highest BCUT2D eigenvalue weighted by Gasteiger charge is 2.29. The molecule has 0 saturated carbocycles. The van der Waals surface area contributed by atoms with Crippen LogP contribution in [0.25, 0.3) is 0 Å². The Morgan fingerprint density at radius 1 is 0.806 bits per heavy atom. The van der Waals surface area contributed by atoms with Gasteiger partial charge in [0.05, 0.1) is 6.04 Å². The van der Waals surface area contributed by atoms with E-state index in [1.807, 2.05) is 30.3 Å². The van der Waals surface area contributed by atoms with Crippen molar-refractivity contribution in [3.8, 4) is 0 Å². The lowest BCUT2D eigenvalue weighted by atomic mass is 10.0. The van der Waals surface area contributed by atoms with Crippen molar-refractivity contribution in [3.05, 3.63) is 35.9 Å². The molecule has 8 N–H and O–H groups in total. The van der Waals surface area contributed by atoms with Gasteiger partial charge in [-0.25, -0.2) is 4.79 Å². The smallest absolute Gasteiger partial charge is 0.326 e. The van der Waals surface area contributed by atoms with Crippen molar-refractivity contribution in [2.75, 3.05) is 7.05 Å². The summed E-state index contributed by atoms with van der Waals surface area (Å²) in [7, 11) is 1.60. The molecular formula is C23H33N5O8. The monoisotopic (exact) mass is 507 g/mol. The van der Waals surface area contributed by atoms with Crippen molar-refractivity contribution in [2.24, 2.45) is 5.73 Å². The van der Waals surface area contributed by atoms with Gasteiger partial charge in [0.2, 0.25) is 23.6 Å². The molecule has 0 saturated heterocycles. The predicted octanol–water partition coefficient (Wildman–Crippen LogP) is -1.49. The molecular weight excluding hydrogens is 474 g/mol. The van der Waals surface area contributed by atoms with Crippen LogP contribution in [0.1, 0.15) is 38.2 Å². The number of carboxylic acids is 2. The Labute approximate surface area is 208 Å². The Bertz CT molecular complexity index is 940. The summed E-state index contributed by atoms with van der Waals surface area (Å²) in [5.74, 6) is -5.59. The van der Waals surface area contributed by atoms with Gasteiger partial charge in [-0.05, 0) is 38.8 Å². The Hall–Kier alpha value is -4.00. The first kappa shape index (κ1) is 30.0. The maximum atomic E-state index is 12.7. The van der Waals surface area contributed by atoms with E-state index in [0.29, 0.717) is 6.42 Å². The predicted molar refractivity (Wildman–Crippen MR) is 127 cm³/mol. The topological polar surface area (TPSA) is 217 Å². The average molecular weight is 508 g/mol. The van der Waals surface area contributed by atoms with Crippen molar-refractivity contribution in [2.45, 2.75) is 63.2 Å². The van der Waals surface area contributed by atoms with Gasteiger partial charge in [0.15, 0.2) is 0 Å². The normalized spacial score (nSPS) is 13.9. The van der Waals surface area contributed by atoms with Crippen LogP contribution in [0.5, 0.6) is 0 Å². The molecule has 0 aliphatic rings.